The van der Waals surface area contributed by atoms with Gasteiger partial charge >= 0.3 is 0 Å². The third-order valence-corrected chi connectivity index (χ3v) is 4.48. The molecule has 2 aromatic heterocycles. The molecule has 7 nitrogen and oxygen atoms in total. The average Bonchev–Trinajstić information content (AvgIpc) is 3.23. The molecule has 0 aliphatic carbocycles. The monoisotopic (exact) mass is 463 g/mol. The first-order valence-corrected chi connectivity index (χ1v) is 11.0. The summed E-state index contributed by atoms with van der Waals surface area (Å²) in [5.41, 5.74) is 3.10. The van der Waals surface area contributed by atoms with Gasteiger partial charge in [-0.2, -0.15) is 5.10 Å². The molecule has 0 saturated carbocycles. The minimum Gasteiger partial charge on any atom is -0.348 e. The van der Waals surface area contributed by atoms with E-state index in [2.05, 4.69) is 41.1 Å². The lowest BCUT2D eigenvalue weighted by Gasteiger charge is -2.10. The van der Waals surface area contributed by atoms with Crippen molar-refractivity contribution in [1.82, 2.24) is 20.1 Å². The number of carbonyl (C=O) groups is 2. The SMILES string of the molecule is C=Cc1c(/C(=C\C)C(=O)NCc2ccc(NC(C)=O)nc2)cnn1-c1ccc(F)cc1.CCC. The summed E-state index contributed by atoms with van der Waals surface area (Å²) in [6.45, 7) is 11.5. The third kappa shape index (κ3) is 6.96. The van der Waals surface area contributed by atoms with Crippen LogP contribution in [-0.2, 0) is 16.1 Å². The lowest BCUT2D eigenvalue weighted by atomic mass is 10.1. The maximum atomic E-state index is 13.2. The topological polar surface area (TPSA) is 88.9 Å². The molecule has 34 heavy (non-hydrogen) atoms. The van der Waals surface area contributed by atoms with E-state index in [0.29, 0.717) is 28.3 Å². The fourth-order valence-corrected chi connectivity index (χ4v) is 3.02. The fourth-order valence-electron chi connectivity index (χ4n) is 3.02. The third-order valence-electron chi connectivity index (χ3n) is 4.48. The zero-order valence-corrected chi connectivity index (χ0v) is 19.9. The highest BCUT2D eigenvalue weighted by atomic mass is 19.1. The van der Waals surface area contributed by atoms with E-state index in [-0.39, 0.29) is 24.2 Å². The number of carbonyl (C=O) groups excluding carboxylic acids is 2. The number of hydrogen-bond donors (Lipinski definition) is 2. The minimum atomic E-state index is -0.343. The number of amides is 2. The molecular weight excluding hydrogens is 433 g/mol. The number of nitrogens with one attached hydrogen (secondary N) is 2. The van der Waals surface area contributed by atoms with E-state index in [1.54, 1.807) is 60.4 Å². The van der Waals surface area contributed by atoms with Crippen molar-refractivity contribution in [3.05, 3.63) is 84.1 Å². The van der Waals surface area contributed by atoms with E-state index in [1.807, 2.05) is 0 Å². The number of aromatic nitrogens is 3. The van der Waals surface area contributed by atoms with Crippen molar-refractivity contribution in [3.63, 3.8) is 0 Å². The molecule has 3 rings (SSSR count). The van der Waals surface area contributed by atoms with Gasteiger partial charge in [-0.1, -0.05) is 39.0 Å². The molecule has 0 atom stereocenters. The minimum absolute atomic E-state index is 0.203. The van der Waals surface area contributed by atoms with Crippen LogP contribution in [-0.4, -0.2) is 26.6 Å². The van der Waals surface area contributed by atoms with Gasteiger partial charge in [0.15, 0.2) is 0 Å². The predicted molar refractivity (Wildman–Crippen MR) is 134 cm³/mol. The Labute approximate surface area is 199 Å². The summed E-state index contributed by atoms with van der Waals surface area (Å²) in [4.78, 5) is 28.1. The molecule has 2 amide bonds. The molecule has 0 unspecified atom stereocenters. The van der Waals surface area contributed by atoms with Crippen LogP contribution in [0.5, 0.6) is 0 Å². The van der Waals surface area contributed by atoms with Gasteiger partial charge in [-0.05, 0) is 48.9 Å². The highest BCUT2D eigenvalue weighted by Gasteiger charge is 2.18. The second-order valence-electron chi connectivity index (χ2n) is 7.36. The largest absolute Gasteiger partial charge is 0.348 e. The number of allylic oxidation sites excluding steroid dienone is 1. The Bertz CT molecular complexity index is 1150. The van der Waals surface area contributed by atoms with E-state index >= 15 is 0 Å². The number of benzene rings is 1. The number of pyridine rings is 1. The molecule has 2 heterocycles. The van der Waals surface area contributed by atoms with Gasteiger partial charge < -0.3 is 10.6 Å². The maximum absolute atomic E-state index is 13.2. The zero-order valence-electron chi connectivity index (χ0n) is 19.9. The normalized spacial score (nSPS) is 10.7. The standard InChI is InChI=1S/C23H22FN5O2.C3H8/c1-4-19(23(31)26-13-16-6-11-22(25-12-16)28-15(3)30)20-14-27-29(21(20)5-2)18-9-7-17(24)8-10-18;1-3-2/h4-12,14H,2,13H2,1,3H3,(H,26,31)(H,25,28,30);3H2,1-2H3/b19-4+;. The van der Waals surface area contributed by atoms with Gasteiger partial charge in [-0.15, -0.1) is 0 Å². The Morgan fingerprint density at radius 2 is 1.79 bits per heavy atom. The molecule has 1 aromatic carbocycles. The van der Waals surface area contributed by atoms with E-state index in [0.717, 1.165) is 5.56 Å². The number of nitrogens with zero attached hydrogens (tertiary/aromatic N) is 3. The number of hydrogen-bond acceptors (Lipinski definition) is 4. The van der Waals surface area contributed by atoms with Crippen LogP contribution in [0.3, 0.4) is 0 Å². The van der Waals surface area contributed by atoms with Gasteiger partial charge in [-0.3, -0.25) is 9.59 Å². The van der Waals surface area contributed by atoms with Crippen molar-refractivity contribution < 1.29 is 14.0 Å². The molecule has 0 aliphatic heterocycles. The van der Waals surface area contributed by atoms with Crippen molar-refractivity contribution in [2.24, 2.45) is 0 Å². The first-order chi connectivity index (χ1) is 16.3. The van der Waals surface area contributed by atoms with Gasteiger partial charge in [0.2, 0.25) is 5.91 Å². The lowest BCUT2D eigenvalue weighted by Crippen LogP contribution is -2.24. The molecule has 0 aliphatic rings. The van der Waals surface area contributed by atoms with E-state index in [9.17, 15) is 14.0 Å². The molecule has 3 aromatic rings. The van der Waals surface area contributed by atoms with Crippen molar-refractivity contribution in [1.29, 1.82) is 0 Å². The Morgan fingerprint density at radius 3 is 2.32 bits per heavy atom. The molecule has 178 valence electrons. The predicted octanol–water partition coefficient (Wildman–Crippen LogP) is 5.14. The van der Waals surface area contributed by atoms with Gasteiger partial charge in [0, 0.05) is 30.8 Å². The fraction of sp³-hybridized carbons (Fsp3) is 0.231. The van der Waals surface area contributed by atoms with Crippen LogP contribution in [0.2, 0.25) is 0 Å². The van der Waals surface area contributed by atoms with Crippen LogP contribution in [0.4, 0.5) is 10.2 Å². The Balaban J connectivity index is 0.00000129. The average molecular weight is 464 g/mol. The van der Waals surface area contributed by atoms with Crippen LogP contribution >= 0.6 is 0 Å². The quantitative estimate of drug-likeness (QED) is 0.475. The second kappa shape index (κ2) is 12.8. The number of anilines is 1. The van der Waals surface area contributed by atoms with Crippen LogP contribution in [0.15, 0.2) is 61.4 Å². The summed E-state index contributed by atoms with van der Waals surface area (Å²) < 4.78 is 14.8. The molecular formula is C26H30FN5O2. The van der Waals surface area contributed by atoms with Crippen LogP contribution in [0.25, 0.3) is 17.3 Å². The summed E-state index contributed by atoms with van der Waals surface area (Å²) in [5, 5.41) is 9.80. The first-order valence-electron chi connectivity index (χ1n) is 11.0. The lowest BCUT2D eigenvalue weighted by molar-refractivity contribution is -0.116. The molecule has 0 spiro atoms. The van der Waals surface area contributed by atoms with E-state index in [1.165, 1.54) is 25.5 Å². The zero-order chi connectivity index (χ0) is 25.1. The summed E-state index contributed by atoms with van der Waals surface area (Å²) >= 11 is 0. The molecule has 0 saturated heterocycles. The maximum Gasteiger partial charge on any atom is 0.251 e. The summed E-state index contributed by atoms with van der Waals surface area (Å²) in [6, 6.07) is 9.34. The van der Waals surface area contributed by atoms with Gasteiger partial charge in [-0.25, -0.2) is 14.1 Å². The highest BCUT2D eigenvalue weighted by molar-refractivity contribution is 6.20. The molecule has 2 N–H and O–H groups in total. The Kier molecular flexibility index (Phi) is 9.89. The summed E-state index contributed by atoms with van der Waals surface area (Å²) in [5.74, 6) is -0.384. The first kappa shape index (κ1) is 26.2. The van der Waals surface area contributed by atoms with Gasteiger partial charge in [0.05, 0.1) is 17.6 Å². The smallest absolute Gasteiger partial charge is 0.251 e. The van der Waals surface area contributed by atoms with Crippen molar-refractivity contribution in [2.45, 2.75) is 40.7 Å². The van der Waals surface area contributed by atoms with Crippen LogP contribution in [0, 0.1) is 5.82 Å². The highest BCUT2D eigenvalue weighted by Crippen LogP contribution is 2.23. The van der Waals surface area contributed by atoms with Crippen LogP contribution in [0.1, 0.15) is 50.9 Å². The van der Waals surface area contributed by atoms with Crippen molar-refractivity contribution in [2.75, 3.05) is 5.32 Å². The molecule has 8 heteroatoms. The van der Waals surface area contributed by atoms with Gasteiger partial charge in [0.1, 0.15) is 11.6 Å². The van der Waals surface area contributed by atoms with Crippen LogP contribution < -0.4 is 10.6 Å². The van der Waals surface area contributed by atoms with Gasteiger partial charge in [0.25, 0.3) is 5.91 Å². The molecule has 0 radical (unpaired) electrons. The summed E-state index contributed by atoms with van der Waals surface area (Å²) in [7, 11) is 0. The number of rotatable bonds is 7. The van der Waals surface area contributed by atoms with E-state index < -0.39 is 0 Å². The molecule has 0 bridgehead atoms. The van der Waals surface area contributed by atoms with Crippen molar-refractivity contribution in [3.8, 4) is 5.69 Å². The molecule has 0 fully saturated rings. The second-order valence-corrected chi connectivity index (χ2v) is 7.36. The number of halogens is 1. The Morgan fingerprint density at radius 1 is 1.12 bits per heavy atom. The Hall–Kier alpha value is -4.07. The van der Waals surface area contributed by atoms with Crippen molar-refractivity contribution >= 4 is 29.3 Å². The summed E-state index contributed by atoms with van der Waals surface area (Å²) in [6.07, 6.45) is 7.72. The van der Waals surface area contributed by atoms with E-state index in [4.69, 9.17) is 0 Å².